The number of aliphatic hydroxyl groups is 1. The van der Waals surface area contributed by atoms with Crippen LogP contribution in [0.1, 0.15) is 57.9 Å². The lowest BCUT2D eigenvalue weighted by Crippen LogP contribution is -2.07. The molecule has 0 saturated carbocycles. The summed E-state index contributed by atoms with van der Waals surface area (Å²) in [7, 11) is 1.00. The first kappa shape index (κ1) is 31.9. The van der Waals surface area contributed by atoms with Crippen molar-refractivity contribution in [3.05, 3.63) is 148 Å². The van der Waals surface area contributed by atoms with Crippen LogP contribution in [0.3, 0.4) is 0 Å². The number of benzene rings is 3. The minimum atomic E-state index is -4.42. The van der Waals surface area contributed by atoms with Crippen LogP contribution in [-0.4, -0.2) is 12.2 Å². The molecule has 3 aromatic carbocycles. The highest BCUT2D eigenvalue weighted by Gasteiger charge is 2.31. The van der Waals surface area contributed by atoms with Crippen molar-refractivity contribution in [2.45, 2.75) is 45.7 Å². The lowest BCUT2D eigenvalue weighted by atomic mass is 9.91. The van der Waals surface area contributed by atoms with E-state index in [0.29, 0.717) is 22.6 Å². The van der Waals surface area contributed by atoms with Crippen LogP contribution in [0, 0.1) is 6.92 Å². The van der Waals surface area contributed by atoms with E-state index < -0.39 is 11.7 Å². The molecule has 3 rings (SSSR count). The fourth-order valence-corrected chi connectivity index (χ4v) is 4.75. The first-order valence-corrected chi connectivity index (χ1v) is 13.1. The molecular formula is C34H36ClF3O. The molecule has 5 heteroatoms. The molecule has 1 nitrogen and oxygen atoms in total. The third kappa shape index (κ3) is 9.42. The molecule has 0 unspecified atom stereocenters. The zero-order chi connectivity index (χ0) is 29.0. The molecule has 0 atom stereocenters. The number of rotatable bonds is 10. The van der Waals surface area contributed by atoms with Gasteiger partial charge in [-0.15, -0.1) is 6.58 Å². The SMILES string of the molecule is C=C/C=C\C(=C/C)c1cc(C(F)(F)F)ccc1Cc1cc(Cl)cc(Cc2ccc(CCC=C)c(C)c2)c1.CO. The Kier molecular flexibility index (Phi) is 12.5. The molecule has 0 aliphatic rings. The zero-order valence-corrected chi connectivity index (χ0v) is 23.5. The van der Waals surface area contributed by atoms with Crippen LogP contribution in [0.25, 0.3) is 5.57 Å². The molecule has 206 valence electrons. The van der Waals surface area contributed by atoms with Gasteiger partial charge in [-0.2, -0.15) is 13.2 Å². The van der Waals surface area contributed by atoms with Gasteiger partial charge in [-0.25, -0.2) is 0 Å². The Bertz CT molecular complexity index is 1330. The van der Waals surface area contributed by atoms with Crippen LogP contribution in [0.2, 0.25) is 5.02 Å². The largest absolute Gasteiger partial charge is 0.416 e. The predicted octanol–water partition coefficient (Wildman–Crippen LogP) is 9.72. The molecule has 0 fully saturated rings. The fourth-order valence-electron chi connectivity index (χ4n) is 4.47. The molecule has 0 aliphatic heterocycles. The Morgan fingerprint density at radius 1 is 0.897 bits per heavy atom. The van der Waals surface area contributed by atoms with Gasteiger partial charge in [-0.1, -0.05) is 78.9 Å². The number of allylic oxidation sites excluding steroid dienone is 6. The van der Waals surface area contributed by atoms with Crippen molar-refractivity contribution in [1.29, 1.82) is 0 Å². The summed E-state index contributed by atoms with van der Waals surface area (Å²) < 4.78 is 40.5. The van der Waals surface area contributed by atoms with Gasteiger partial charge in [0.15, 0.2) is 0 Å². The van der Waals surface area contributed by atoms with Crippen LogP contribution in [0.4, 0.5) is 13.2 Å². The summed E-state index contributed by atoms with van der Waals surface area (Å²) in [5.41, 5.74) is 7.14. The number of alkyl halides is 3. The molecule has 0 amide bonds. The van der Waals surface area contributed by atoms with Gasteiger partial charge in [0.2, 0.25) is 0 Å². The maximum Gasteiger partial charge on any atom is 0.416 e. The quantitative estimate of drug-likeness (QED) is 0.196. The third-order valence-electron chi connectivity index (χ3n) is 6.32. The number of hydrogen-bond donors (Lipinski definition) is 1. The van der Waals surface area contributed by atoms with Gasteiger partial charge >= 0.3 is 6.18 Å². The third-order valence-corrected chi connectivity index (χ3v) is 6.53. The van der Waals surface area contributed by atoms with Crippen LogP contribution in [0.15, 0.2) is 98.1 Å². The lowest BCUT2D eigenvalue weighted by Gasteiger charge is -2.16. The Balaban J connectivity index is 0.00000260. The van der Waals surface area contributed by atoms with Crippen molar-refractivity contribution in [3.63, 3.8) is 0 Å². The molecule has 0 radical (unpaired) electrons. The predicted molar refractivity (Wildman–Crippen MR) is 159 cm³/mol. The fraction of sp³-hybridized carbons (Fsp3) is 0.235. The van der Waals surface area contributed by atoms with E-state index in [4.69, 9.17) is 16.7 Å². The minimum Gasteiger partial charge on any atom is -0.400 e. The smallest absolute Gasteiger partial charge is 0.400 e. The highest BCUT2D eigenvalue weighted by atomic mass is 35.5. The first-order valence-electron chi connectivity index (χ1n) is 12.7. The molecule has 0 bridgehead atoms. The molecule has 0 saturated heterocycles. The summed E-state index contributed by atoms with van der Waals surface area (Å²) in [6.45, 7) is 11.4. The Morgan fingerprint density at radius 3 is 2.15 bits per heavy atom. The Morgan fingerprint density at radius 2 is 1.56 bits per heavy atom. The van der Waals surface area contributed by atoms with E-state index in [1.807, 2.05) is 31.2 Å². The number of aryl methyl sites for hydroxylation is 2. The molecule has 3 aromatic rings. The highest BCUT2D eigenvalue weighted by molar-refractivity contribution is 6.30. The summed E-state index contributed by atoms with van der Waals surface area (Å²) in [5, 5.41) is 7.61. The second kappa shape index (κ2) is 15.3. The van der Waals surface area contributed by atoms with E-state index in [2.05, 4.69) is 44.3 Å². The summed E-state index contributed by atoms with van der Waals surface area (Å²) in [5.74, 6) is 0. The van der Waals surface area contributed by atoms with Crippen molar-refractivity contribution in [1.82, 2.24) is 0 Å². The van der Waals surface area contributed by atoms with E-state index in [-0.39, 0.29) is 0 Å². The van der Waals surface area contributed by atoms with E-state index >= 15 is 0 Å². The molecule has 0 spiro atoms. The Hall–Kier alpha value is -3.34. The van der Waals surface area contributed by atoms with Crippen LogP contribution < -0.4 is 0 Å². The summed E-state index contributed by atoms with van der Waals surface area (Å²) in [4.78, 5) is 0. The van der Waals surface area contributed by atoms with E-state index in [0.717, 1.165) is 49.1 Å². The molecule has 39 heavy (non-hydrogen) atoms. The normalized spacial score (nSPS) is 11.7. The van der Waals surface area contributed by atoms with Crippen molar-refractivity contribution in [2.24, 2.45) is 0 Å². The van der Waals surface area contributed by atoms with Crippen molar-refractivity contribution < 1.29 is 18.3 Å². The summed E-state index contributed by atoms with van der Waals surface area (Å²) in [6, 6.07) is 16.4. The van der Waals surface area contributed by atoms with Crippen molar-refractivity contribution in [2.75, 3.05) is 7.11 Å². The summed E-state index contributed by atoms with van der Waals surface area (Å²) in [6.07, 6.45) is 7.52. The topological polar surface area (TPSA) is 20.2 Å². The standard InChI is InChI=1S/C33H32ClF3.CH4O/c1-5-8-10-27(7-3)32-22-30(33(35,36)37)15-14-29(32)19-26-18-25(20-31(34)21-26)17-24-12-13-28(11-9-6-2)23(4)16-24;1-2/h5-8,10,12-16,18,20-22H,1-2,9,11,17,19H2,3-4H3;2H,1H3/b10-8-,27-7+;. The van der Waals surface area contributed by atoms with Crippen molar-refractivity contribution >= 4 is 17.2 Å². The lowest BCUT2D eigenvalue weighted by molar-refractivity contribution is -0.137. The number of halogens is 4. The van der Waals surface area contributed by atoms with E-state index in [9.17, 15) is 13.2 Å². The second-order valence-electron chi connectivity index (χ2n) is 9.12. The average Bonchev–Trinajstić information content (AvgIpc) is 2.89. The Labute approximate surface area is 235 Å². The average molecular weight is 553 g/mol. The van der Waals surface area contributed by atoms with Gasteiger partial charge < -0.3 is 5.11 Å². The molecule has 0 heterocycles. The van der Waals surface area contributed by atoms with Crippen LogP contribution in [-0.2, 0) is 25.4 Å². The van der Waals surface area contributed by atoms with Gasteiger partial charge in [-0.3, -0.25) is 0 Å². The second-order valence-corrected chi connectivity index (χ2v) is 9.55. The first-order chi connectivity index (χ1) is 18.6. The molecular weight excluding hydrogens is 517 g/mol. The van der Waals surface area contributed by atoms with Crippen LogP contribution >= 0.6 is 11.6 Å². The molecule has 1 N–H and O–H groups in total. The summed E-state index contributed by atoms with van der Waals surface area (Å²) >= 11 is 6.49. The van der Waals surface area contributed by atoms with Gasteiger partial charge in [0, 0.05) is 12.1 Å². The number of aliphatic hydroxyl groups excluding tert-OH is 1. The van der Waals surface area contributed by atoms with Gasteiger partial charge in [0.05, 0.1) is 5.56 Å². The van der Waals surface area contributed by atoms with Gasteiger partial charge in [-0.05, 0) is 108 Å². The zero-order valence-electron chi connectivity index (χ0n) is 22.8. The highest BCUT2D eigenvalue weighted by Crippen LogP contribution is 2.34. The van der Waals surface area contributed by atoms with Gasteiger partial charge in [0.1, 0.15) is 0 Å². The minimum absolute atomic E-state index is 0.458. The van der Waals surface area contributed by atoms with Crippen LogP contribution in [0.5, 0.6) is 0 Å². The molecule has 0 aliphatic carbocycles. The molecule has 0 aromatic heterocycles. The monoisotopic (exact) mass is 552 g/mol. The number of hydrogen-bond acceptors (Lipinski definition) is 1. The maximum absolute atomic E-state index is 13.5. The van der Waals surface area contributed by atoms with Gasteiger partial charge in [0.25, 0.3) is 0 Å². The maximum atomic E-state index is 13.5. The van der Waals surface area contributed by atoms with E-state index in [1.54, 1.807) is 24.3 Å². The van der Waals surface area contributed by atoms with E-state index in [1.165, 1.54) is 22.8 Å². The van der Waals surface area contributed by atoms with Crippen molar-refractivity contribution in [3.8, 4) is 0 Å².